The second kappa shape index (κ2) is 6.65. The molecule has 0 aliphatic carbocycles. The minimum atomic E-state index is 0.208. The van der Waals surface area contributed by atoms with E-state index in [4.69, 9.17) is 27.9 Å². The third-order valence-electron chi connectivity index (χ3n) is 2.85. The lowest BCUT2D eigenvalue weighted by molar-refractivity contribution is 0.414. The molecule has 1 unspecified atom stereocenters. The smallest absolute Gasteiger partial charge is 0.119 e. The van der Waals surface area contributed by atoms with Crippen LogP contribution >= 0.6 is 39.1 Å². The Morgan fingerprint density at radius 2 is 1.89 bits per heavy atom. The Hall–Kier alpha value is -0.700. The van der Waals surface area contributed by atoms with Crippen molar-refractivity contribution in [3.8, 4) is 5.75 Å². The fourth-order valence-corrected chi connectivity index (χ4v) is 2.81. The molecular formula is C15H13BrCl2O. The normalized spacial score (nSPS) is 12.2. The van der Waals surface area contributed by atoms with Crippen LogP contribution in [-0.2, 0) is 6.42 Å². The highest BCUT2D eigenvalue weighted by Crippen LogP contribution is 2.31. The van der Waals surface area contributed by atoms with Gasteiger partial charge in [0.15, 0.2) is 0 Å². The van der Waals surface area contributed by atoms with Crippen molar-refractivity contribution in [3.63, 3.8) is 0 Å². The lowest BCUT2D eigenvalue weighted by atomic mass is 10.0. The first kappa shape index (κ1) is 14.7. The highest BCUT2D eigenvalue weighted by Gasteiger charge is 2.10. The van der Waals surface area contributed by atoms with E-state index in [0.717, 1.165) is 17.7 Å². The van der Waals surface area contributed by atoms with Crippen LogP contribution in [0.3, 0.4) is 0 Å². The monoisotopic (exact) mass is 358 g/mol. The molecule has 1 nitrogen and oxygen atoms in total. The Bertz CT molecular complexity index is 572. The summed E-state index contributed by atoms with van der Waals surface area (Å²) in [5, 5.41) is 1.17. The maximum atomic E-state index is 6.02. The molecule has 0 radical (unpaired) electrons. The number of methoxy groups -OCH3 is 1. The van der Waals surface area contributed by atoms with Gasteiger partial charge in [0.25, 0.3) is 0 Å². The first-order valence-electron chi connectivity index (χ1n) is 5.82. The Balaban J connectivity index is 2.15. The Kier molecular flexibility index (Phi) is 5.14. The molecule has 0 aromatic heterocycles. The van der Waals surface area contributed by atoms with Gasteiger partial charge >= 0.3 is 0 Å². The average molecular weight is 360 g/mol. The average Bonchev–Trinajstić information content (AvgIpc) is 2.43. The van der Waals surface area contributed by atoms with Crippen molar-refractivity contribution >= 4 is 39.1 Å². The van der Waals surface area contributed by atoms with Crippen molar-refractivity contribution in [2.45, 2.75) is 11.2 Å². The predicted molar refractivity (Wildman–Crippen MR) is 84.8 cm³/mol. The second-order valence-corrected chi connectivity index (χ2v) is 6.12. The topological polar surface area (TPSA) is 9.23 Å². The molecule has 2 rings (SSSR count). The maximum absolute atomic E-state index is 6.02. The van der Waals surface area contributed by atoms with E-state index in [-0.39, 0.29) is 4.83 Å². The van der Waals surface area contributed by atoms with Crippen LogP contribution in [0.5, 0.6) is 5.75 Å². The number of alkyl halides is 1. The molecule has 0 amide bonds. The van der Waals surface area contributed by atoms with Crippen molar-refractivity contribution in [1.82, 2.24) is 0 Å². The number of halogens is 3. The lowest BCUT2D eigenvalue weighted by Crippen LogP contribution is -1.96. The summed E-state index contributed by atoms with van der Waals surface area (Å²) in [6, 6.07) is 13.7. The van der Waals surface area contributed by atoms with Gasteiger partial charge in [-0.2, -0.15) is 0 Å². The third-order valence-corrected chi connectivity index (χ3v) is 4.45. The molecule has 2 aromatic carbocycles. The second-order valence-electron chi connectivity index (χ2n) is 4.20. The van der Waals surface area contributed by atoms with Gasteiger partial charge in [-0.3, -0.25) is 0 Å². The van der Waals surface area contributed by atoms with Crippen LogP contribution < -0.4 is 4.74 Å². The molecule has 0 spiro atoms. The van der Waals surface area contributed by atoms with Crippen molar-refractivity contribution in [2.75, 3.05) is 7.11 Å². The van der Waals surface area contributed by atoms with E-state index >= 15 is 0 Å². The van der Waals surface area contributed by atoms with E-state index < -0.39 is 0 Å². The van der Waals surface area contributed by atoms with Crippen molar-refractivity contribution in [3.05, 3.63) is 63.6 Å². The first-order chi connectivity index (χ1) is 9.10. The summed E-state index contributed by atoms with van der Waals surface area (Å²) in [5.74, 6) is 0.857. The molecule has 0 fully saturated rings. The van der Waals surface area contributed by atoms with Gasteiger partial charge in [-0.15, -0.1) is 0 Å². The summed E-state index contributed by atoms with van der Waals surface area (Å²) in [5.41, 5.74) is 2.31. The van der Waals surface area contributed by atoms with Crippen LogP contribution in [0.15, 0.2) is 42.5 Å². The van der Waals surface area contributed by atoms with E-state index in [1.54, 1.807) is 7.11 Å². The van der Waals surface area contributed by atoms with E-state index in [2.05, 4.69) is 22.0 Å². The molecule has 19 heavy (non-hydrogen) atoms. The number of benzene rings is 2. The fraction of sp³-hybridized carbons (Fsp3) is 0.200. The molecule has 0 aliphatic heterocycles. The molecule has 0 bridgehead atoms. The zero-order valence-corrected chi connectivity index (χ0v) is 13.5. The Labute approximate surface area is 131 Å². The minimum Gasteiger partial charge on any atom is -0.497 e. The van der Waals surface area contributed by atoms with E-state index in [9.17, 15) is 0 Å². The fourth-order valence-electron chi connectivity index (χ4n) is 1.83. The third kappa shape index (κ3) is 3.88. The van der Waals surface area contributed by atoms with E-state index in [1.165, 1.54) is 5.56 Å². The highest BCUT2D eigenvalue weighted by atomic mass is 79.9. The van der Waals surface area contributed by atoms with Gasteiger partial charge < -0.3 is 4.74 Å². The number of rotatable bonds is 4. The van der Waals surface area contributed by atoms with Crippen LogP contribution in [-0.4, -0.2) is 7.11 Å². The summed E-state index contributed by atoms with van der Waals surface area (Å²) in [4.78, 5) is 0.208. The molecule has 0 saturated carbocycles. The largest absolute Gasteiger partial charge is 0.497 e. The van der Waals surface area contributed by atoms with E-state index in [1.807, 2.05) is 36.4 Å². The molecule has 1 atom stereocenters. The number of hydrogen-bond donors (Lipinski definition) is 0. The summed E-state index contributed by atoms with van der Waals surface area (Å²) in [6.07, 6.45) is 0.837. The van der Waals surface area contributed by atoms with Gasteiger partial charge in [0.1, 0.15) is 5.75 Å². The van der Waals surface area contributed by atoms with Crippen LogP contribution in [0.4, 0.5) is 0 Å². The van der Waals surface area contributed by atoms with Gasteiger partial charge in [0.05, 0.1) is 17.2 Å². The van der Waals surface area contributed by atoms with Crippen molar-refractivity contribution in [1.29, 1.82) is 0 Å². The quantitative estimate of drug-likeness (QED) is 0.638. The molecule has 2 aromatic rings. The molecule has 0 saturated heterocycles. The lowest BCUT2D eigenvalue weighted by Gasteiger charge is -2.12. The number of hydrogen-bond acceptors (Lipinski definition) is 1. The van der Waals surface area contributed by atoms with Crippen molar-refractivity contribution in [2.24, 2.45) is 0 Å². The summed E-state index contributed by atoms with van der Waals surface area (Å²) >= 11 is 15.6. The molecular weight excluding hydrogens is 347 g/mol. The SMILES string of the molecule is COc1cccc(C(Br)Cc2ccc(Cl)c(Cl)c2)c1. The zero-order chi connectivity index (χ0) is 13.8. The van der Waals surface area contributed by atoms with Gasteiger partial charge in [-0.25, -0.2) is 0 Å². The van der Waals surface area contributed by atoms with Crippen molar-refractivity contribution < 1.29 is 4.74 Å². The van der Waals surface area contributed by atoms with Gasteiger partial charge in [-0.05, 0) is 41.8 Å². The molecule has 4 heteroatoms. The zero-order valence-electron chi connectivity index (χ0n) is 10.4. The van der Waals surface area contributed by atoms with Crippen LogP contribution in [0.2, 0.25) is 10.0 Å². The number of ether oxygens (including phenoxy) is 1. The predicted octanol–water partition coefficient (Wildman–Crippen LogP) is 5.68. The summed E-state index contributed by atoms with van der Waals surface area (Å²) < 4.78 is 5.23. The van der Waals surface area contributed by atoms with Crippen LogP contribution in [0, 0.1) is 0 Å². The Morgan fingerprint density at radius 1 is 1.11 bits per heavy atom. The molecule has 0 N–H and O–H groups in total. The molecule has 0 heterocycles. The van der Waals surface area contributed by atoms with Crippen LogP contribution in [0.1, 0.15) is 16.0 Å². The summed E-state index contributed by atoms with van der Waals surface area (Å²) in [6.45, 7) is 0. The van der Waals surface area contributed by atoms with Gasteiger partial charge in [0, 0.05) is 4.83 Å². The minimum absolute atomic E-state index is 0.208. The Morgan fingerprint density at radius 3 is 2.58 bits per heavy atom. The molecule has 0 aliphatic rings. The van der Waals surface area contributed by atoms with Gasteiger partial charge in [-0.1, -0.05) is 57.3 Å². The van der Waals surface area contributed by atoms with Gasteiger partial charge in [0.2, 0.25) is 0 Å². The first-order valence-corrected chi connectivity index (χ1v) is 7.49. The maximum Gasteiger partial charge on any atom is 0.119 e. The highest BCUT2D eigenvalue weighted by molar-refractivity contribution is 9.09. The van der Waals surface area contributed by atoms with E-state index in [0.29, 0.717) is 10.0 Å². The van der Waals surface area contributed by atoms with Crippen LogP contribution in [0.25, 0.3) is 0 Å². The summed E-state index contributed by atoms with van der Waals surface area (Å²) in [7, 11) is 1.67. The standard InChI is InChI=1S/C15H13BrCl2O/c1-19-12-4-2-3-11(9-12)13(16)7-10-5-6-14(17)15(18)8-10/h2-6,8-9,13H,7H2,1H3. The molecule has 100 valence electrons.